The van der Waals surface area contributed by atoms with Crippen molar-refractivity contribution in [1.29, 1.82) is 0 Å². The van der Waals surface area contributed by atoms with Gasteiger partial charge < -0.3 is 10.2 Å². The summed E-state index contributed by atoms with van der Waals surface area (Å²) < 4.78 is 0.749. The molecule has 3 nitrogen and oxygen atoms in total. The molecule has 6 heteroatoms. The Morgan fingerprint density at radius 2 is 2.11 bits per heavy atom. The monoisotopic (exact) mass is 322 g/mol. The van der Waals surface area contributed by atoms with Crippen molar-refractivity contribution in [2.75, 3.05) is 20.1 Å². The van der Waals surface area contributed by atoms with Crippen molar-refractivity contribution in [3.8, 4) is 0 Å². The second kappa shape index (κ2) is 7.48. The first kappa shape index (κ1) is 16.8. The second-order valence-electron chi connectivity index (χ2n) is 4.75. The average molecular weight is 323 g/mol. The van der Waals surface area contributed by atoms with Gasteiger partial charge in [0.2, 0.25) is 5.91 Å². The highest BCUT2D eigenvalue weighted by atomic mass is 35.5. The molecule has 0 radical (unpaired) electrons. The summed E-state index contributed by atoms with van der Waals surface area (Å²) in [6.45, 7) is 3.68. The lowest BCUT2D eigenvalue weighted by Crippen LogP contribution is -2.45. The summed E-state index contributed by atoms with van der Waals surface area (Å²) in [6, 6.07) is 4.37. The lowest BCUT2D eigenvalue weighted by molar-refractivity contribution is -0.133. The number of hydrogen-bond acceptors (Lipinski definition) is 3. The quantitative estimate of drug-likeness (QED) is 0.927. The minimum atomic E-state index is -0.0753. The second-order valence-corrected chi connectivity index (χ2v) is 6.50. The molecule has 1 aromatic heterocycles. The van der Waals surface area contributed by atoms with Crippen molar-refractivity contribution in [2.45, 2.75) is 31.7 Å². The Bertz CT molecular complexity index is 417. The van der Waals surface area contributed by atoms with Gasteiger partial charge in [-0.1, -0.05) is 11.6 Å². The Morgan fingerprint density at radius 3 is 2.58 bits per heavy atom. The van der Waals surface area contributed by atoms with Crippen LogP contribution in [-0.2, 0) is 4.79 Å². The largest absolute Gasteiger partial charge is 0.342 e. The third kappa shape index (κ3) is 4.09. The Labute approximate surface area is 129 Å². The van der Waals surface area contributed by atoms with Crippen LogP contribution >= 0.6 is 35.3 Å². The number of piperidine rings is 1. The molecule has 1 unspecified atom stereocenters. The topological polar surface area (TPSA) is 32.3 Å². The Balaban J connectivity index is 0.00000180. The van der Waals surface area contributed by atoms with Crippen molar-refractivity contribution < 1.29 is 4.79 Å². The van der Waals surface area contributed by atoms with Crippen molar-refractivity contribution >= 4 is 41.3 Å². The third-order valence-corrected chi connectivity index (χ3v) is 5.02. The van der Waals surface area contributed by atoms with Crippen LogP contribution in [0.1, 0.15) is 30.6 Å². The van der Waals surface area contributed by atoms with Crippen LogP contribution in [0.15, 0.2) is 12.1 Å². The van der Waals surface area contributed by atoms with E-state index in [4.69, 9.17) is 11.6 Å². The Hall–Kier alpha value is -0.290. The number of carbonyl (C=O) groups is 1. The fraction of sp³-hybridized carbons (Fsp3) is 0.615. The van der Waals surface area contributed by atoms with Crippen molar-refractivity contribution in [1.82, 2.24) is 10.2 Å². The normalized spacial score (nSPS) is 17.9. The van der Waals surface area contributed by atoms with Crippen molar-refractivity contribution in [2.24, 2.45) is 0 Å². The predicted octanol–water partition coefficient (Wildman–Crippen LogP) is 3.14. The summed E-state index contributed by atoms with van der Waals surface area (Å²) in [5.41, 5.74) is 0. The van der Waals surface area contributed by atoms with Crippen molar-refractivity contribution in [3.63, 3.8) is 0 Å². The molecule has 1 N–H and O–H groups in total. The number of carbonyl (C=O) groups excluding carboxylic acids is 1. The van der Waals surface area contributed by atoms with Crippen LogP contribution in [0.4, 0.5) is 0 Å². The van der Waals surface area contributed by atoms with Crippen LogP contribution in [0.3, 0.4) is 0 Å². The average Bonchev–Trinajstić information content (AvgIpc) is 2.84. The van der Waals surface area contributed by atoms with Gasteiger partial charge in [-0.3, -0.25) is 4.79 Å². The Kier molecular flexibility index (Phi) is 6.60. The van der Waals surface area contributed by atoms with Gasteiger partial charge in [-0.15, -0.1) is 23.7 Å². The van der Waals surface area contributed by atoms with Gasteiger partial charge in [-0.05, 0) is 38.9 Å². The molecule has 1 atom stereocenters. The SMILES string of the molecule is CNC1CCN(C(=O)C(C)c2ccc(Cl)s2)CC1.Cl. The molecule has 0 aliphatic carbocycles. The van der Waals surface area contributed by atoms with Crippen LogP contribution in [-0.4, -0.2) is 37.0 Å². The molecule has 1 fully saturated rings. The molecule has 2 rings (SSSR count). The first-order valence-corrected chi connectivity index (χ1v) is 7.52. The molecule has 1 saturated heterocycles. The van der Waals surface area contributed by atoms with E-state index in [2.05, 4.69) is 5.32 Å². The molecular formula is C13H20Cl2N2OS. The van der Waals surface area contributed by atoms with Crippen LogP contribution < -0.4 is 5.32 Å². The van der Waals surface area contributed by atoms with Gasteiger partial charge in [0.05, 0.1) is 10.3 Å². The van der Waals surface area contributed by atoms with Gasteiger partial charge in [-0.2, -0.15) is 0 Å². The lowest BCUT2D eigenvalue weighted by Gasteiger charge is -2.33. The number of rotatable bonds is 3. The highest BCUT2D eigenvalue weighted by Crippen LogP contribution is 2.29. The van der Waals surface area contributed by atoms with E-state index in [0.29, 0.717) is 6.04 Å². The van der Waals surface area contributed by atoms with Gasteiger partial charge >= 0.3 is 0 Å². The zero-order chi connectivity index (χ0) is 13.1. The molecule has 2 heterocycles. The van der Waals surface area contributed by atoms with Crippen LogP contribution in [0.25, 0.3) is 0 Å². The number of nitrogens with zero attached hydrogens (tertiary/aromatic N) is 1. The number of thiophene rings is 1. The molecule has 1 aliphatic heterocycles. The molecule has 0 spiro atoms. The van der Waals surface area contributed by atoms with Crippen molar-refractivity contribution in [3.05, 3.63) is 21.3 Å². The summed E-state index contributed by atoms with van der Waals surface area (Å²) in [6.07, 6.45) is 2.08. The summed E-state index contributed by atoms with van der Waals surface area (Å²) in [5, 5.41) is 3.27. The van der Waals surface area contributed by atoms with E-state index in [0.717, 1.165) is 35.1 Å². The fourth-order valence-corrected chi connectivity index (χ4v) is 3.45. The van der Waals surface area contributed by atoms with Gasteiger partial charge in [0.15, 0.2) is 0 Å². The summed E-state index contributed by atoms with van der Waals surface area (Å²) in [7, 11) is 1.98. The summed E-state index contributed by atoms with van der Waals surface area (Å²) in [4.78, 5) is 15.4. The van der Waals surface area contributed by atoms with E-state index < -0.39 is 0 Å². The highest BCUT2D eigenvalue weighted by Gasteiger charge is 2.26. The minimum Gasteiger partial charge on any atom is -0.342 e. The maximum Gasteiger partial charge on any atom is 0.230 e. The van der Waals surface area contributed by atoms with E-state index in [1.54, 1.807) is 0 Å². The number of hydrogen-bond donors (Lipinski definition) is 1. The van der Waals surface area contributed by atoms with Crippen LogP contribution in [0.5, 0.6) is 0 Å². The van der Waals surface area contributed by atoms with Gasteiger partial charge in [-0.25, -0.2) is 0 Å². The molecule has 1 aromatic rings. The molecule has 0 bridgehead atoms. The molecule has 0 saturated carbocycles. The van der Waals surface area contributed by atoms with E-state index in [9.17, 15) is 4.79 Å². The van der Waals surface area contributed by atoms with E-state index in [1.165, 1.54) is 11.3 Å². The standard InChI is InChI=1S/C13H19ClN2OS.ClH/c1-9(11-3-4-12(14)18-11)13(17)16-7-5-10(15-2)6-8-16;/h3-4,9-10,15H,5-8H2,1-2H3;1H. The van der Waals surface area contributed by atoms with E-state index >= 15 is 0 Å². The first-order valence-electron chi connectivity index (χ1n) is 6.33. The number of halogens is 2. The third-order valence-electron chi connectivity index (χ3n) is 3.61. The molecule has 1 aliphatic rings. The number of likely N-dealkylation sites (tertiary alicyclic amines) is 1. The smallest absolute Gasteiger partial charge is 0.230 e. The predicted molar refractivity (Wildman–Crippen MR) is 83.7 cm³/mol. The maximum absolute atomic E-state index is 12.4. The molecular weight excluding hydrogens is 303 g/mol. The highest BCUT2D eigenvalue weighted by molar-refractivity contribution is 7.16. The van der Waals surface area contributed by atoms with Crippen LogP contribution in [0.2, 0.25) is 4.34 Å². The van der Waals surface area contributed by atoms with E-state index in [1.807, 2.05) is 31.0 Å². The molecule has 19 heavy (non-hydrogen) atoms. The van der Waals surface area contributed by atoms with Gasteiger partial charge in [0.25, 0.3) is 0 Å². The summed E-state index contributed by atoms with van der Waals surface area (Å²) in [5.74, 6) is 0.150. The van der Waals surface area contributed by atoms with E-state index in [-0.39, 0.29) is 24.2 Å². The fourth-order valence-electron chi connectivity index (χ4n) is 2.35. The first-order chi connectivity index (χ1) is 8.61. The van der Waals surface area contributed by atoms with Gasteiger partial charge in [0.1, 0.15) is 0 Å². The summed E-state index contributed by atoms with van der Waals surface area (Å²) >= 11 is 7.42. The number of amides is 1. The maximum atomic E-state index is 12.4. The molecule has 108 valence electrons. The van der Waals surface area contributed by atoms with Gasteiger partial charge in [0, 0.05) is 24.0 Å². The zero-order valence-corrected chi connectivity index (χ0v) is 13.6. The number of nitrogens with one attached hydrogen (secondary N) is 1. The Morgan fingerprint density at radius 1 is 1.47 bits per heavy atom. The molecule has 1 amide bonds. The zero-order valence-electron chi connectivity index (χ0n) is 11.2. The lowest BCUT2D eigenvalue weighted by atomic mass is 10.0. The minimum absolute atomic E-state index is 0. The van der Waals surface area contributed by atoms with Crippen LogP contribution in [0, 0.1) is 0 Å². The molecule has 0 aromatic carbocycles.